The number of rotatable bonds is 7. The average Bonchev–Trinajstić information content (AvgIpc) is 2.30. The normalized spacial score (nSPS) is 13.5. The molecule has 1 aromatic rings. The minimum absolute atomic E-state index is 0.0584. The molecule has 0 aliphatic carbocycles. The Morgan fingerprint density at radius 3 is 2.25 bits per heavy atom. The van der Waals surface area contributed by atoms with Crippen molar-refractivity contribution in [3.63, 3.8) is 0 Å². The van der Waals surface area contributed by atoms with Gasteiger partial charge < -0.3 is 10.1 Å². The fourth-order valence-electron chi connectivity index (χ4n) is 2.15. The molecule has 0 aliphatic heterocycles. The van der Waals surface area contributed by atoms with Crippen molar-refractivity contribution in [2.24, 2.45) is 11.3 Å². The van der Waals surface area contributed by atoms with Crippen molar-refractivity contribution in [3.8, 4) is 0 Å². The lowest BCUT2D eigenvalue weighted by atomic mass is 9.77. The van der Waals surface area contributed by atoms with Gasteiger partial charge in [-0.1, -0.05) is 20.8 Å². The molecule has 0 saturated heterocycles. The molecular formula is C16H25F2NO. The van der Waals surface area contributed by atoms with Gasteiger partial charge in [-0.15, -0.1) is 0 Å². The van der Waals surface area contributed by atoms with Crippen molar-refractivity contribution in [2.45, 2.75) is 27.2 Å². The molecule has 0 aromatic heterocycles. The van der Waals surface area contributed by atoms with Crippen LogP contribution in [0.3, 0.4) is 0 Å². The van der Waals surface area contributed by atoms with Gasteiger partial charge >= 0.3 is 0 Å². The van der Waals surface area contributed by atoms with E-state index < -0.39 is 11.6 Å². The number of ether oxygens (including phenoxy) is 1. The van der Waals surface area contributed by atoms with Crippen LogP contribution in [0.5, 0.6) is 0 Å². The van der Waals surface area contributed by atoms with Crippen LogP contribution in [0.25, 0.3) is 0 Å². The van der Waals surface area contributed by atoms with Crippen LogP contribution >= 0.6 is 0 Å². The summed E-state index contributed by atoms with van der Waals surface area (Å²) in [7, 11) is 1.67. The summed E-state index contributed by atoms with van der Waals surface area (Å²) >= 11 is 0. The Bertz CT molecular complexity index is 395. The van der Waals surface area contributed by atoms with E-state index in [-0.39, 0.29) is 5.41 Å². The van der Waals surface area contributed by atoms with Crippen molar-refractivity contribution in [1.29, 1.82) is 0 Å². The molecule has 0 fully saturated rings. The fourth-order valence-corrected chi connectivity index (χ4v) is 2.15. The van der Waals surface area contributed by atoms with Gasteiger partial charge in [-0.05, 0) is 42.0 Å². The van der Waals surface area contributed by atoms with E-state index in [0.29, 0.717) is 24.5 Å². The minimum atomic E-state index is -0.514. The van der Waals surface area contributed by atoms with Gasteiger partial charge in [0.15, 0.2) is 0 Å². The summed E-state index contributed by atoms with van der Waals surface area (Å²) in [6.07, 6.45) is 0.651. The first-order valence-electron chi connectivity index (χ1n) is 6.97. The van der Waals surface area contributed by atoms with Crippen LogP contribution in [0, 0.1) is 23.0 Å². The summed E-state index contributed by atoms with van der Waals surface area (Å²) in [6.45, 7) is 8.67. The minimum Gasteiger partial charge on any atom is -0.383 e. The molecule has 1 atom stereocenters. The molecule has 2 nitrogen and oxygen atoms in total. The van der Waals surface area contributed by atoms with Crippen LogP contribution in [0.1, 0.15) is 26.3 Å². The van der Waals surface area contributed by atoms with Crippen molar-refractivity contribution >= 4 is 0 Å². The van der Waals surface area contributed by atoms with Gasteiger partial charge in [0.2, 0.25) is 0 Å². The Morgan fingerprint density at radius 2 is 1.75 bits per heavy atom. The highest BCUT2D eigenvalue weighted by atomic mass is 19.1. The molecule has 1 unspecified atom stereocenters. The molecule has 0 radical (unpaired) electrons. The van der Waals surface area contributed by atoms with Gasteiger partial charge in [0, 0.05) is 19.7 Å². The Labute approximate surface area is 120 Å². The highest BCUT2D eigenvalue weighted by Gasteiger charge is 2.24. The number of nitrogens with one attached hydrogen (secondary N) is 1. The lowest BCUT2D eigenvalue weighted by Gasteiger charge is -2.31. The van der Waals surface area contributed by atoms with Gasteiger partial charge in [0.1, 0.15) is 11.6 Å². The van der Waals surface area contributed by atoms with Crippen molar-refractivity contribution < 1.29 is 13.5 Å². The second-order valence-corrected chi connectivity index (χ2v) is 6.24. The predicted molar refractivity (Wildman–Crippen MR) is 77.8 cm³/mol. The molecule has 20 heavy (non-hydrogen) atoms. The largest absolute Gasteiger partial charge is 0.383 e. The van der Waals surface area contributed by atoms with Gasteiger partial charge in [-0.3, -0.25) is 0 Å². The van der Waals surface area contributed by atoms with E-state index in [1.54, 1.807) is 7.11 Å². The average molecular weight is 285 g/mol. The van der Waals surface area contributed by atoms with Crippen LogP contribution in [-0.2, 0) is 11.2 Å². The third kappa shape index (κ3) is 5.97. The Kier molecular flexibility index (Phi) is 6.56. The third-order valence-electron chi connectivity index (χ3n) is 3.50. The van der Waals surface area contributed by atoms with E-state index in [4.69, 9.17) is 4.74 Å². The highest BCUT2D eigenvalue weighted by molar-refractivity contribution is 5.18. The lowest BCUT2D eigenvalue weighted by molar-refractivity contribution is 0.186. The SMILES string of the molecule is COCCNCC(Cc1cc(F)cc(F)c1)C(C)(C)C. The molecule has 0 saturated carbocycles. The molecule has 1 aromatic carbocycles. The number of benzene rings is 1. The quantitative estimate of drug-likeness (QED) is 0.775. The monoisotopic (exact) mass is 285 g/mol. The molecule has 0 spiro atoms. The maximum absolute atomic E-state index is 13.3. The smallest absolute Gasteiger partial charge is 0.126 e. The summed E-state index contributed by atoms with van der Waals surface area (Å²) in [6, 6.07) is 3.74. The van der Waals surface area contributed by atoms with Gasteiger partial charge in [-0.2, -0.15) is 0 Å². The Hall–Kier alpha value is -1.00. The van der Waals surface area contributed by atoms with Crippen molar-refractivity contribution in [2.75, 3.05) is 26.8 Å². The third-order valence-corrected chi connectivity index (χ3v) is 3.50. The van der Waals surface area contributed by atoms with E-state index in [0.717, 1.165) is 19.2 Å². The molecule has 0 bridgehead atoms. The number of methoxy groups -OCH3 is 1. The van der Waals surface area contributed by atoms with E-state index in [2.05, 4.69) is 26.1 Å². The van der Waals surface area contributed by atoms with Crippen LogP contribution in [0.2, 0.25) is 0 Å². The standard InChI is InChI=1S/C16H25F2NO/c1-16(2,3)13(11-19-5-6-20-4)7-12-8-14(17)10-15(18)9-12/h8-10,13,19H,5-7,11H2,1-4H3. The molecule has 0 heterocycles. The molecule has 4 heteroatoms. The van der Waals surface area contributed by atoms with Gasteiger partial charge in [0.25, 0.3) is 0 Å². The first-order valence-corrected chi connectivity index (χ1v) is 6.97. The van der Waals surface area contributed by atoms with E-state index in [9.17, 15) is 8.78 Å². The zero-order valence-electron chi connectivity index (χ0n) is 12.8. The van der Waals surface area contributed by atoms with Crippen LogP contribution in [-0.4, -0.2) is 26.8 Å². The maximum Gasteiger partial charge on any atom is 0.126 e. The van der Waals surface area contributed by atoms with Crippen molar-refractivity contribution in [1.82, 2.24) is 5.32 Å². The van der Waals surface area contributed by atoms with E-state index in [1.165, 1.54) is 12.1 Å². The van der Waals surface area contributed by atoms with E-state index in [1.807, 2.05) is 0 Å². The number of hydrogen-bond acceptors (Lipinski definition) is 2. The molecule has 1 rings (SSSR count). The lowest BCUT2D eigenvalue weighted by Crippen LogP contribution is -2.34. The van der Waals surface area contributed by atoms with Crippen LogP contribution in [0.15, 0.2) is 18.2 Å². The Morgan fingerprint density at radius 1 is 1.15 bits per heavy atom. The Balaban J connectivity index is 2.69. The molecule has 0 aliphatic rings. The number of hydrogen-bond donors (Lipinski definition) is 1. The highest BCUT2D eigenvalue weighted by Crippen LogP contribution is 2.29. The zero-order valence-corrected chi connectivity index (χ0v) is 12.8. The zero-order chi connectivity index (χ0) is 15.2. The summed E-state index contributed by atoms with van der Waals surface area (Å²) in [4.78, 5) is 0. The predicted octanol–water partition coefficient (Wildman–Crippen LogP) is 3.41. The van der Waals surface area contributed by atoms with Gasteiger partial charge in [-0.25, -0.2) is 8.78 Å². The summed E-state index contributed by atoms with van der Waals surface area (Å²) < 4.78 is 31.5. The fraction of sp³-hybridized carbons (Fsp3) is 0.625. The first kappa shape index (κ1) is 17.1. The van der Waals surface area contributed by atoms with Gasteiger partial charge in [0.05, 0.1) is 6.61 Å². The topological polar surface area (TPSA) is 21.3 Å². The second kappa shape index (κ2) is 7.70. The second-order valence-electron chi connectivity index (χ2n) is 6.24. The van der Waals surface area contributed by atoms with Crippen LogP contribution in [0.4, 0.5) is 8.78 Å². The van der Waals surface area contributed by atoms with E-state index >= 15 is 0 Å². The van der Waals surface area contributed by atoms with Crippen molar-refractivity contribution in [3.05, 3.63) is 35.4 Å². The molecule has 0 amide bonds. The molecule has 1 N–H and O–H groups in total. The first-order chi connectivity index (χ1) is 9.32. The summed E-state index contributed by atoms with van der Waals surface area (Å²) in [5.41, 5.74) is 0.763. The molecule has 114 valence electrons. The molecular weight excluding hydrogens is 260 g/mol. The number of halogens is 2. The maximum atomic E-state index is 13.3. The van der Waals surface area contributed by atoms with Crippen LogP contribution < -0.4 is 5.32 Å². The summed E-state index contributed by atoms with van der Waals surface area (Å²) in [5.74, 6) is -0.736. The summed E-state index contributed by atoms with van der Waals surface area (Å²) in [5, 5.41) is 3.33.